The number of amides is 1. The monoisotopic (exact) mass is 407 g/mol. The number of thioether (sulfide) groups is 1. The Labute approximate surface area is 164 Å². The molecule has 0 fully saturated rings. The summed E-state index contributed by atoms with van der Waals surface area (Å²) in [6.07, 6.45) is 0. The van der Waals surface area contributed by atoms with Crippen molar-refractivity contribution in [2.75, 3.05) is 5.32 Å². The van der Waals surface area contributed by atoms with Gasteiger partial charge in [0.2, 0.25) is 11.1 Å². The predicted molar refractivity (Wildman–Crippen MR) is 104 cm³/mol. The minimum atomic E-state index is -0.444. The average Bonchev–Trinajstić information content (AvgIpc) is 3.07. The molecule has 0 bridgehead atoms. The quantitative estimate of drug-likeness (QED) is 0.634. The fourth-order valence-corrected chi connectivity index (χ4v) is 3.28. The van der Waals surface area contributed by atoms with Gasteiger partial charge < -0.3 is 5.32 Å². The highest BCUT2D eigenvalue weighted by Crippen LogP contribution is 2.28. The molecule has 1 atom stereocenters. The molecule has 134 valence electrons. The van der Waals surface area contributed by atoms with Gasteiger partial charge in [0, 0.05) is 5.02 Å². The lowest BCUT2D eigenvalue weighted by atomic mass is 10.2. The van der Waals surface area contributed by atoms with Crippen molar-refractivity contribution < 1.29 is 4.79 Å². The van der Waals surface area contributed by atoms with Crippen LogP contribution in [0.15, 0.2) is 47.6 Å². The standard InChI is InChI=1S/C17H15Cl2N5OS/c1-10-3-6-13(7-4-10)24-17(21-22-23-24)26-11(2)16(25)20-15-9-12(18)5-8-14(15)19/h3-9,11H,1-2H3,(H,20,25). The van der Waals surface area contributed by atoms with Gasteiger partial charge in [0.25, 0.3) is 0 Å². The summed E-state index contributed by atoms with van der Waals surface area (Å²) in [5.41, 5.74) is 2.44. The van der Waals surface area contributed by atoms with Crippen molar-refractivity contribution in [3.63, 3.8) is 0 Å². The Bertz CT molecular complexity index is 929. The molecule has 1 N–H and O–H groups in total. The van der Waals surface area contributed by atoms with Crippen LogP contribution >= 0.6 is 35.0 Å². The van der Waals surface area contributed by atoms with Crippen molar-refractivity contribution in [2.24, 2.45) is 0 Å². The molecule has 0 saturated heterocycles. The summed E-state index contributed by atoms with van der Waals surface area (Å²) in [6.45, 7) is 3.78. The molecule has 6 nitrogen and oxygen atoms in total. The first-order valence-electron chi connectivity index (χ1n) is 7.72. The Balaban J connectivity index is 1.73. The van der Waals surface area contributed by atoms with Crippen molar-refractivity contribution >= 4 is 46.6 Å². The average molecular weight is 408 g/mol. The molecule has 9 heteroatoms. The van der Waals surface area contributed by atoms with Crippen LogP contribution in [0.5, 0.6) is 0 Å². The van der Waals surface area contributed by atoms with Crippen LogP contribution in [-0.2, 0) is 4.79 Å². The maximum absolute atomic E-state index is 12.5. The van der Waals surface area contributed by atoms with Gasteiger partial charge in [0.15, 0.2) is 0 Å². The molecule has 0 aliphatic heterocycles. The normalized spacial score (nSPS) is 12.0. The first-order chi connectivity index (χ1) is 12.4. The summed E-state index contributed by atoms with van der Waals surface area (Å²) >= 11 is 13.3. The van der Waals surface area contributed by atoms with E-state index in [9.17, 15) is 4.79 Å². The lowest BCUT2D eigenvalue weighted by molar-refractivity contribution is -0.115. The third-order valence-corrected chi connectivity index (χ3v) is 5.15. The molecular formula is C17H15Cl2N5OS. The van der Waals surface area contributed by atoms with Gasteiger partial charge in [0.1, 0.15) is 0 Å². The van der Waals surface area contributed by atoms with Gasteiger partial charge in [-0.15, -0.1) is 5.10 Å². The number of hydrogen-bond acceptors (Lipinski definition) is 5. The number of aryl methyl sites for hydroxylation is 1. The van der Waals surface area contributed by atoms with Crippen LogP contribution in [0.2, 0.25) is 10.0 Å². The number of carbonyl (C=O) groups excluding carboxylic acids is 1. The summed E-state index contributed by atoms with van der Waals surface area (Å²) < 4.78 is 1.60. The van der Waals surface area contributed by atoms with E-state index >= 15 is 0 Å². The van der Waals surface area contributed by atoms with E-state index in [4.69, 9.17) is 23.2 Å². The third kappa shape index (κ3) is 4.35. The molecule has 1 amide bonds. The van der Waals surface area contributed by atoms with Gasteiger partial charge in [-0.2, -0.15) is 4.68 Å². The Morgan fingerprint density at radius 3 is 2.65 bits per heavy atom. The van der Waals surface area contributed by atoms with Crippen molar-refractivity contribution in [3.8, 4) is 5.69 Å². The van der Waals surface area contributed by atoms with E-state index in [1.54, 1.807) is 29.8 Å². The molecule has 2 aromatic carbocycles. The summed E-state index contributed by atoms with van der Waals surface area (Å²) in [6, 6.07) is 12.7. The van der Waals surface area contributed by atoms with E-state index in [0.717, 1.165) is 11.3 Å². The molecule has 0 saturated carbocycles. The fraction of sp³-hybridized carbons (Fsp3) is 0.176. The van der Waals surface area contributed by atoms with E-state index in [-0.39, 0.29) is 5.91 Å². The topological polar surface area (TPSA) is 72.7 Å². The highest BCUT2D eigenvalue weighted by Gasteiger charge is 2.20. The van der Waals surface area contributed by atoms with E-state index in [1.165, 1.54) is 11.8 Å². The SMILES string of the molecule is Cc1ccc(-n2nnnc2SC(C)C(=O)Nc2cc(Cl)ccc2Cl)cc1. The molecule has 1 unspecified atom stereocenters. The van der Waals surface area contributed by atoms with Crippen LogP contribution in [0.3, 0.4) is 0 Å². The molecule has 1 heterocycles. The number of halogens is 2. The number of benzene rings is 2. The molecule has 26 heavy (non-hydrogen) atoms. The van der Waals surface area contributed by atoms with E-state index < -0.39 is 5.25 Å². The van der Waals surface area contributed by atoms with Crippen molar-refractivity contribution in [1.29, 1.82) is 0 Å². The molecule has 0 radical (unpaired) electrons. The maximum atomic E-state index is 12.5. The van der Waals surface area contributed by atoms with Crippen LogP contribution < -0.4 is 5.32 Å². The molecular weight excluding hydrogens is 393 g/mol. The van der Waals surface area contributed by atoms with Crippen LogP contribution in [-0.4, -0.2) is 31.4 Å². The fourth-order valence-electron chi connectivity index (χ4n) is 2.14. The first-order valence-corrected chi connectivity index (χ1v) is 9.35. The zero-order valence-corrected chi connectivity index (χ0v) is 16.3. The highest BCUT2D eigenvalue weighted by atomic mass is 35.5. The molecule has 0 aliphatic carbocycles. The summed E-state index contributed by atoms with van der Waals surface area (Å²) in [4.78, 5) is 12.5. The zero-order valence-electron chi connectivity index (χ0n) is 14.0. The number of tetrazole rings is 1. The number of nitrogens with one attached hydrogen (secondary N) is 1. The molecule has 1 aromatic heterocycles. The summed E-state index contributed by atoms with van der Waals surface area (Å²) in [5.74, 6) is -0.224. The minimum Gasteiger partial charge on any atom is -0.324 e. The second kappa shape index (κ2) is 8.07. The lowest BCUT2D eigenvalue weighted by Crippen LogP contribution is -2.23. The minimum absolute atomic E-state index is 0.224. The van der Waals surface area contributed by atoms with E-state index in [2.05, 4.69) is 20.8 Å². The van der Waals surface area contributed by atoms with Gasteiger partial charge in [-0.05, 0) is 54.6 Å². The van der Waals surface area contributed by atoms with Gasteiger partial charge in [0.05, 0.1) is 21.6 Å². The maximum Gasteiger partial charge on any atom is 0.237 e. The van der Waals surface area contributed by atoms with E-state index in [1.807, 2.05) is 31.2 Å². The second-order valence-electron chi connectivity index (χ2n) is 5.58. The molecule has 0 spiro atoms. The van der Waals surface area contributed by atoms with Gasteiger partial charge in [-0.25, -0.2) is 0 Å². The lowest BCUT2D eigenvalue weighted by Gasteiger charge is -2.13. The van der Waals surface area contributed by atoms with Crippen molar-refractivity contribution in [3.05, 3.63) is 58.1 Å². The Kier molecular flexibility index (Phi) is 5.80. The van der Waals surface area contributed by atoms with Crippen LogP contribution in [0, 0.1) is 6.92 Å². The number of nitrogens with zero attached hydrogens (tertiary/aromatic N) is 4. The summed E-state index contributed by atoms with van der Waals surface area (Å²) in [7, 11) is 0. The first kappa shape index (κ1) is 18.7. The molecule has 3 aromatic rings. The van der Waals surface area contributed by atoms with E-state index in [0.29, 0.717) is 20.9 Å². The Morgan fingerprint density at radius 2 is 1.92 bits per heavy atom. The van der Waals surface area contributed by atoms with Crippen molar-refractivity contribution in [1.82, 2.24) is 20.2 Å². The predicted octanol–water partition coefficient (Wildman–Crippen LogP) is 4.40. The van der Waals surface area contributed by atoms with Crippen LogP contribution in [0.1, 0.15) is 12.5 Å². The number of aromatic nitrogens is 4. The highest BCUT2D eigenvalue weighted by molar-refractivity contribution is 8.00. The molecule has 3 rings (SSSR count). The van der Waals surface area contributed by atoms with Gasteiger partial charge >= 0.3 is 0 Å². The third-order valence-electron chi connectivity index (χ3n) is 3.56. The largest absolute Gasteiger partial charge is 0.324 e. The Morgan fingerprint density at radius 1 is 1.19 bits per heavy atom. The second-order valence-corrected chi connectivity index (χ2v) is 7.73. The zero-order chi connectivity index (χ0) is 18.7. The van der Waals surface area contributed by atoms with Crippen LogP contribution in [0.4, 0.5) is 5.69 Å². The summed E-state index contributed by atoms with van der Waals surface area (Å²) in [5, 5.41) is 15.5. The number of hydrogen-bond donors (Lipinski definition) is 1. The van der Waals surface area contributed by atoms with Crippen molar-refractivity contribution in [2.45, 2.75) is 24.3 Å². The number of rotatable bonds is 5. The number of anilines is 1. The Hall–Kier alpha value is -2.09. The van der Waals surface area contributed by atoms with Gasteiger partial charge in [-0.3, -0.25) is 4.79 Å². The number of carbonyl (C=O) groups is 1. The molecule has 0 aliphatic rings. The van der Waals surface area contributed by atoms with Crippen LogP contribution in [0.25, 0.3) is 5.69 Å². The van der Waals surface area contributed by atoms with Gasteiger partial charge in [-0.1, -0.05) is 52.7 Å². The smallest absolute Gasteiger partial charge is 0.237 e.